The molecule has 0 fully saturated rings. The van der Waals surface area contributed by atoms with Crippen LogP contribution in [0, 0.1) is 0 Å². The maximum atomic E-state index is 9.68. The van der Waals surface area contributed by atoms with E-state index in [2.05, 4.69) is 62.0 Å². The van der Waals surface area contributed by atoms with Gasteiger partial charge in [-0.25, -0.2) is 0 Å². The van der Waals surface area contributed by atoms with E-state index in [-0.39, 0.29) is 7.02 Å². The third kappa shape index (κ3) is 4.32. The molecule has 0 bridgehead atoms. The maximum absolute atomic E-state index is 9.68. The molecule has 0 radical (unpaired) electrons. The molecule has 2 aromatic rings. The average molecular weight is 447 g/mol. The van der Waals surface area contributed by atoms with Crippen molar-refractivity contribution in [2.24, 2.45) is 0 Å². The lowest BCUT2D eigenvalue weighted by Gasteiger charge is -2.10. The Morgan fingerprint density at radius 3 is 2.53 bits per heavy atom. The van der Waals surface area contributed by atoms with Gasteiger partial charge in [0.1, 0.15) is 5.75 Å². The van der Waals surface area contributed by atoms with Crippen molar-refractivity contribution in [2.45, 2.75) is 18.9 Å². The molecule has 19 heavy (non-hydrogen) atoms. The van der Waals surface area contributed by atoms with Gasteiger partial charge in [-0.2, -0.15) is 0 Å². The number of hydrogen-bond donors (Lipinski definition) is 1. The molecule has 0 aliphatic heterocycles. The number of phenols is 1. The highest BCUT2D eigenvalue weighted by molar-refractivity contribution is 14.1. The van der Waals surface area contributed by atoms with Crippen LogP contribution in [-0.2, 0) is 6.42 Å². The Morgan fingerprint density at radius 1 is 1.11 bits per heavy atom. The Balaban J connectivity index is 2.30. The van der Waals surface area contributed by atoms with Crippen LogP contribution >= 0.6 is 37.7 Å². The molecule has 100 valence electrons. The summed E-state index contributed by atoms with van der Waals surface area (Å²) in [5, 5.41) is 9.68. The van der Waals surface area contributed by atoms with Gasteiger partial charge in [0.05, 0.1) is 7.02 Å². The number of benzene rings is 2. The summed E-state index contributed by atoms with van der Waals surface area (Å²) in [6.45, 7) is 0. The van der Waals surface area contributed by atoms with Crippen molar-refractivity contribution in [1.82, 2.24) is 0 Å². The molecule has 0 amide bonds. The van der Waals surface area contributed by atoms with Gasteiger partial charge in [-0.1, -0.05) is 46.6 Å². The largest absolute Gasteiger partial charge is 0.508 e. The summed E-state index contributed by atoms with van der Waals surface area (Å²) in [4.78, 5) is 0. The lowest BCUT2D eigenvalue weighted by atomic mass is 9.96. The molecule has 0 saturated heterocycles. The molecule has 0 aliphatic carbocycles. The first kappa shape index (κ1) is 15.1. The summed E-state index contributed by atoms with van der Waals surface area (Å²) < 4.78 is 1.09. The molecular weight excluding hydrogens is 431 g/mol. The highest BCUT2D eigenvalue weighted by Gasteiger charge is 2.06. The summed E-state index contributed by atoms with van der Waals surface area (Å²) in [5.41, 5.74) is 3.70. The van der Waals surface area contributed by atoms with E-state index in [9.17, 15) is 5.11 Å². The Kier molecular flexibility index (Phi) is 5.91. The van der Waals surface area contributed by atoms with Crippen molar-refractivity contribution in [2.75, 3.05) is 0 Å². The monoisotopic (exact) mass is 446 g/mol. The lowest BCUT2D eigenvalue weighted by molar-refractivity contribution is 0.474. The number of halogens is 2. The van der Waals surface area contributed by atoms with E-state index in [0.29, 0.717) is 5.75 Å². The molecule has 4 heteroatoms. The molecular formula is C15H16BrIOSi. The fourth-order valence-electron chi connectivity index (χ4n) is 2.11. The highest BCUT2D eigenvalue weighted by Crippen LogP contribution is 2.29. The van der Waals surface area contributed by atoms with Gasteiger partial charge < -0.3 is 5.11 Å². The minimum atomic E-state index is 0.109. The Hall–Kier alpha value is -0.333. The van der Waals surface area contributed by atoms with Gasteiger partial charge in [0.25, 0.3) is 0 Å². The number of rotatable bonds is 5. The van der Waals surface area contributed by atoms with Crippen LogP contribution in [0.5, 0.6) is 5.75 Å². The zero-order valence-corrected chi connectivity index (χ0v) is 15.7. The summed E-state index contributed by atoms with van der Waals surface area (Å²) in [7, 11) is 0.109. The molecule has 0 atom stereocenters. The molecule has 0 aliphatic rings. The quantitative estimate of drug-likeness (QED) is 0.305. The second-order valence-corrected chi connectivity index (χ2v) is 9.73. The van der Waals surface area contributed by atoms with E-state index < -0.39 is 0 Å². The predicted molar refractivity (Wildman–Crippen MR) is 96.9 cm³/mol. The predicted octanol–water partition coefficient (Wildman–Crippen LogP) is 4.69. The fraction of sp³-hybridized carbons (Fsp3) is 0.200. The lowest BCUT2D eigenvalue weighted by Crippen LogP contribution is -1.91. The van der Waals surface area contributed by atoms with E-state index >= 15 is 0 Å². The smallest absolute Gasteiger partial charge is 0.115 e. The summed E-state index contributed by atoms with van der Waals surface area (Å²) in [6.07, 6.45) is 2.28. The molecule has 1 nitrogen and oxygen atoms in total. The van der Waals surface area contributed by atoms with E-state index in [1.54, 1.807) is 6.07 Å². The van der Waals surface area contributed by atoms with Crippen LogP contribution < -0.4 is 0 Å². The van der Waals surface area contributed by atoms with Crippen LogP contribution in [0.4, 0.5) is 0 Å². The molecule has 2 aromatic carbocycles. The van der Waals surface area contributed by atoms with E-state index in [4.69, 9.17) is 0 Å². The number of hydrogen-bond acceptors (Lipinski definition) is 1. The summed E-state index contributed by atoms with van der Waals surface area (Å²) >= 11 is 6.01. The van der Waals surface area contributed by atoms with Gasteiger partial charge in [0, 0.05) is 4.47 Å². The van der Waals surface area contributed by atoms with Crippen molar-refractivity contribution in [1.29, 1.82) is 0 Å². The Labute approximate surface area is 137 Å². The molecule has 1 N–H and O–H groups in total. The van der Waals surface area contributed by atoms with Crippen LogP contribution in [0.15, 0.2) is 46.9 Å². The van der Waals surface area contributed by atoms with Crippen LogP contribution in [-0.4, -0.2) is 12.1 Å². The van der Waals surface area contributed by atoms with E-state index in [0.717, 1.165) is 10.9 Å². The van der Waals surface area contributed by atoms with Gasteiger partial charge in [-0.05, 0) is 47.4 Å². The van der Waals surface area contributed by atoms with Crippen molar-refractivity contribution >= 4 is 44.7 Å². The van der Waals surface area contributed by atoms with E-state index in [1.165, 1.54) is 29.2 Å². The minimum Gasteiger partial charge on any atom is -0.508 e. The topological polar surface area (TPSA) is 20.2 Å². The second-order valence-electron chi connectivity index (χ2n) is 4.49. The van der Waals surface area contributed by atoms with E-state index in [1.807, 2.05) is 12.1 Å². The standard InChI is InChI=1S/C15H16BrIOSi/c16-13-5-3-11(4-6-13)15-8-7-14(18)10-12(15)2-1-9-19-17/h3-8,10,18H,1-2,9,19H2. The Bertz CT molecular complexity index is 542. The van der Waals surface area contributed by atoms with Gasteiger partial charge >= 0.3 is 0 Å². The van der Waals surface area contributed by atoms with Crippen molar-refractivity contribution in [3.8, 4) is 16.9 Å². The van der Waals surface area contributed by atoms with Crippen LogP contribution in [0.25, 0.3) is 11.1 Å². The highest BCUT2D eigenvalue weighted by atomic mass is 127. The SMILES string of the molecule is Oc1ccc(-c2ccc(Br)cc2)c(CCC[SiH2]I)c1. The van der Waals surface area contributed by atoms with Crippen molar-refractivity contribution in [3.05, 3.63) is 52.5 Å². The van der Waals surface area contributed by atoms with Crippen LogP contribution in [0.3, 0.4) is 0 Å². The minimum absolute atomic E-state index is 0.109. The van der Waals surface area contributed by atoms with Gasteiger partial charge in [-0.3, -0.25) is 0 Å². The molecule has 0 heterocycles. The zero-order valence-electron chi connectivity index (χ0n) is 10.6. The molecule has 2 rings (SSSR count). The van der Waals surface area contributed by atoms with Gasteiger partial charge in [0.15, 0.2) is 0 Å². The fourth-order valence-corrected chi connectivity index (χ4v) is 4.43. The number of aryl methyl sites for hydroxylation is 1. The third-order valence-corrected chi connectivity index (χ3v) is 6.66. The maximum Gasteiger partial charge on any atom is 0.115 e. The number of aromatic hydroxyl groups is 1. The van der Waals surface area contributed by atoms with Crippen LogP contribution in [0.1, 0.15) is 12.0 Å². The van der Waals surface area contributed by atoms with Crippen molar-refractivity contribution < 1.29 is 5.11 Å². The third-order valence-electron chi connectivity index (χ3n) is 3.07. The number of phenolic OH excluding ortho intramolecular Hbond substituents is 1. The first-order valence-electron chi connectivity index (χ1n) is 6.34. The van der Waals surface area contributed by atoms with Gasteiger partial charge in [-0.15, -0.1) is 21.8 Å². The first-order valence-corrected chi connectivity index (χ1v) is 13.2. The van der Waals surface area contributed by atoms with Crippen LogP contribution in [0.2, 0.25) is 6.04 Å². The molecule has 0 spiro atoms. The Morgan fingerprint density at radius 2 is 1.84 bits per heavy atom. The zero-order chi connectivity index (χ0) is 13.7. The molecule has 0 aromatic heterocycles. The molecule has 0 unspecified atom stereocenters. The van der Waals surface area contributed by atoms with Crippen molar-refractivity contribution in [3.63, 3.8) is 0 Å². The summed E-state index contributed by atoms with van der Waals surface area (Å²) in [5.74, 6) is 0.364. The van der Waals surface area contributed by atoms with Gasteiger partial charge in [0.2, 0.25) is 0 Å². The summed E-state index contributed by atoms with van der Waals surface area (Å²) in [6, 6.07) is 15.4. The molecule has 0 saturated carbocycles. The average Bonchev–Trinajstić information content (AvgIpc) is 2.41. The second kappa shape index (κ2) is 7.45. The normalized spacial score (nSPS) is 11.3. The first-order chi connectivity index (χ1) is 9.20.